The van der Waals surface area contributed by atoms with Crippen LogP contribution >= 0.6 is 0 Å². The molecule has 0 unspecified atom stereocenters. The van der Waals surface area contributed by atoms with Gasteiger partial charge in [0.25, 0.3) is 0 Å². The maximum absolute atomic E-state index is 13.5. The molecular formula is C48H31FN2. The van der Waals surface area contributed by atoms with Crippen molar-refractivity contribution in [1.82, 2.24) is 9.13 Å². The second-order valence-corrected chi connectivity index (χ2v) is 13.1. The molecule has 2 heterocycles. The molecule has 2 aromatic heterocycles. The highest BCUT2D eigenvalue weighted by atomic mass is 19.1. The molecule has 0 fully saturated rings. The molecule has 0 aliphatic rings. The molecule has 51 heavy (non-hydrogen) atoms. The largest absolute Gasteiger partial charge is 0.309 e. The van der Waals surface area contributed by atoms with Crippen molar-refractivity contribution in [3.05, 3.63) is 194 Å². The van der Waals surface area contributed by atoms with Crippen LogP contribution in [0.25, 0.3) is 88.4 Å². The van der Waals surface area contributed by atoms with E-state index in [9.17, 15) is 4.39 Å². The first-order valence-electron chi connectivity index (χ1n) is 17.3. The van der Waals surface area contributed by atoms with E-state index in [1.54, 1.807) is 0 Å². The maximum Gasteiger partial charge on any atom is 0.123 e. The number of para-hydroxylation sites is 2. The molecule has 0 N–H and O–H groups in total. The summed E-state index contributed by atoms with van der Waals surface area (Å²) in [5.41, 5.74) is 13.8. The SMILES string of the molecule is Fc1ccc(-c2ccc(-n3c4ccccc4c4cc(-c5ccc6c(c5)c5ccccc5n6-c5ccc(-c6ccccc6)cc5)ccc43)cc2)cc1. The van der Waals surface area contributed by atoms with Crippen molar-refractivity contribution in [2.45, 2.75) is 0 Å². The van der Waals surface area contributed by atoms with E-state index < -0.39 is 0 Å². The molecule has 10 aromatic rings. The summed E-state index contributed by atoms with van der Waals surface area (Å²) in [7, 11) is 0. The number of nitrogens with zero attached hydrogens (tertiary/aromatic N) is 2. The topological polar surface area (TPSA) is 9.86 Å². The van der Waals surface area contributed by atoms with Gasteiger partial charge >= 0.3 is 0 Å². The van der Waals surface area contributed by atoms with Crippen LogP contribution in [0, 0.1) is 5.82 Å². The average molecular weight is 655 g/mol. The maximum atomic E-state index is 13.5. The molecule has 2 nitrogen and oxygen atoms in total. The minimum Gasteiger partial charge on any atom is -0.309 e. The lowest BCUT2D eigenvalue weighted by molar-refractivity contribution is 0.628. The average Bonchev–Trinajstić information content (AvgIpc) is 3.71. The van der Waals surface area contributed by atoms with Crippen molar-refractivity contribution in [2.75, 3.05) is 0 Å². The van der Waals surface area contributed by atoms with Crippen molar-refractivity contribution in [3.8, 4) is 44.8 Å². The molecule has 0 amide bonds. The highest BCUT2D eigenvalue weighted by molar-refractivity contribution is 6.12. The smallest absolute Gasteiger partial charge is 0.123 e. The van der Waals surface area contributed by atoms with Gasteiger partial charge in [0, 0.05) is 32.9 Å². The summed E-state index contributed by atoms with van der Waals surface area (Å²) in [5, 5.41) is 4.91. The molecule has 0 atom stereocenters. The van der Waals surface area contributed by atoms with E-state index in [1.807, 2.05) is 12.1 Å². The van der Waals surface area contributed by atoms with Crippen LogP contribution in [-0.4, -0.2) is 9.13 Å². The normalized spacial score (nSPS) is 11.6. The molecule has 0 radical (unpaired) electrons. The molecule has 0 bridgehead atoms. The van der Waals surface area contributed by atoms with E-state index in [0.29, 0.717) is 0 Å². The zero-order valence-electron chi connectivity index (χ0n) is 27.7. The summed E-state index contributed by atoms with van der Waals surface area (Å²) in [6.07, 6.45) is 0. The summed E-state index contributed by atoms with van der Waals surface area (Å²) in [5.74, 6) is -0.225. The van der Waals surface area contributed by atoms with E-state index >= 15 is 0 Å². The predicted octanol–water partition coefficient (Wildman–Crippen LogP) is 13.0. The summed E-state index contributed by atoms with van der Waals surface area (Å²) >= 11 is 0. The zero-order chi connectivity index (χ0) is 33.9. The molecule has 0 saturated heterocycles. The molecule has 0 saturated carbocycles. The molecule has 0 aliphatic carbocycles. The number of fused-ring (bicyclic) bond motifs is 6. The van der Waals surface area contributed by atoms with Crippen molar-refractivity contribution in [2.24, 2.45) is 0 Å². The molecule has 10 rings (SSSR count). The quantitative estimate of drug-likeness (QED) is 0.175. The Bertz CT molecular complexity index is 2880. The monoisotopic (exact) mass is 654 g/mol. The lowest BCUT2D eigenvalue weighted by Gasteiger charge is -2.11. The van der Waals surface area contributed by atoms with Crippen molar-refractivity contribution < 1.29 is 4.39 Å². The van der Waals surface area contributed by atoms with Crippen molar-refractivity contribution in [1.29, 1.82) is 0 Å². The minimum absolute atomic E-state index is 0.225. The summed E-state index contributed by atoms with van der Waals surface area (Å²) in [4.78, 5) is 0. The highest BCUT2D eigenvalue weighted by Crippen LogP contribution is 2.38. The van der Waals surface area contributed by atoms with E-state index in [0.717, 1.165) is 33.5 Å². The Morgan fingerprint density at radius 3 is 1.10 bits per heavy atom. The number of hydrogen-bond donors (Lipinski definition) is 0. The van der Waals surface area contributed by atoms with Crippen LogP contribution in [0.3, 0.4) is 0 Å². The second-order valence-electron chi connectivity index (χ2n) is 13.1. The van der Waals surface area contributed by atoms with Crippen LogP contribution in [0.4, 0.5) is 4.39 Å². The third-order valence-electron chi connectivity index (χ3n) is 10.2. The van der Waals surface area contributed by atoms with Gasteiger partial charge in [-0.25, -0.2) is 4.39 Å². The Kier molecular flexibility index (Phi) is 6.71. The van der Waals surface area contributed by atoms with Gasteiger partial charge in [0.15, 0.2) is 0 Å². The number of halogens is 1. The zero-order valence-corrected chi connectivity index (χ0v) is 27.7. The molecule has 240 valence electrons. The minimum atomic E-state index is -0.225. The first kappa shape index (κ1) is 29.2. The third-order valence-corrected chi connectivity index (χ3v) is 10.2. The lowest BCUT2D eigenvalue weighted by Crippen LogP contribution is -1.94. The Hall–Kier alpha value is -6.71. The highest BCUT2D eigenvalue weighted by Gasteiger charge is 2.16. The van der Waals surface area contributed by atoms with Gasteiger partial charge in [-0.15, -0.1) is 0 Å². The summed E-state index contributed by atoms with van der Waals surface area (Å²) in [6.45, 7) is 0. The van der Waals surface area contributed by atoms with Gasteiger partial charge in [0.2, 0.25) is 0 Å². The van der Waals surface area contributed by atoms with Gasteiger partial charge < -0.3 is 9.13 Å². The standard InChI is InChI=1S/C48H31FN2/c49-38-22-14-33(15-23-38)35-18-26-40(27-19-35)51-46-13-7-5-11-42(46)44-31-37(21-29-48(44)51)36-20-28-47-43(30-36)41-10-4-6-12-45(41)50(47)39-24-16-34(17-25-39)32-8-2-1-3-9-32/h1-31H. The lowest BCUT2D eigenvalue weighted by atomic mass is 10.0. The fourth-order valence-electron chi connectivity index (χ4n) is 7.74. The first-order valence-corrected chi connectivity index (χ1v) is 17.3. The van der Waals surface area contributed by atoms with Crippen LogP contribution in [0.5, 0.6) is 0 Å². The number of rotatable bonds is 5. The Labute approximate surface area is 294 Å². The Balaban J connectivity index is 1.07. The third kappa shape index (κ3) is 4.86. The van der Waals surface area contributed by atoms with Gasteiger partial charge in [0.1, 0.15) is 5.82 Å². The van der Waals surface area contributed by atoms with Gasteiger partial charge in [-0.1, -0.05) is 115 Å². The fourth-order valence-corrected chi connectivity index (χ4v) is 7.74. The van der Waals surface area contributed by atoms with E-state index in [-0.39, 0.29) is 5.82 Å². The predicted molar refractivity (Wildman–Crippen MR) is 211 cm³/mol. The number of aromatic nitrogens is 2. The van der Waals surface area contributed by atoms with Gasteiger partial charge in [-0.3, -0.25) is 0 Å². The van der Waals surface area contributed by atoms with Crippen LogP contribution in [0.15, 0.2) is 188 Å². The van der Waals surface area contributed by atoms with E-state index in [2.05, 4.69) is 173 Å². The van der Waals surface area contributed by atoms with E-state index in [4.69, 9.17) is 0 Å². The van der Waals surface area contributed by atoms with Crippen LogP contribution in [-0.2, 0) is 0 Å². The van der Waals surface area contributed by atoms with Gasteiger partial charge in [-0.2, -0.15) is 0 Å². The van der Waals surface area contributed by atoms with Crippen molar-refractivity contribution in [3.63, 3.8) is 0 Å². The molecule has 0 spiro atoms. The Morgan fingerprint density at radius 2 is 0.627 bits per heavy atom. The number of benzene rings is 8. The summed E-state index contributed by atoms with van der Waals surface area (Å²) in [6, 6.07) is 65.6. The molecular weight excluding hydrogens is 624 g/mol. The van der Waals surface area contributed by atoms with Gasteiger partial charge in [-0.05, 0) is 106 Å². The molecule has 8 aromatic carbocycles. The molecule has 3 heteroatoms. The van der Waals surface area contributed by atoms with Crippen molar-refractivity contribution >= 4 is 43.6 Å². The second kappa shape index (κ2) is 11.7. The van der Waals surface area contributed by atoms with Crippen LogP contribution in [0.2, 0.25) is 0 Å². The summed E-state index contributed by atoms with van der Waals surface area (Å²) < 4.78 is 18.2. The van der Waals surface area contributed by atoms with E-state index in [1.165, 1.54) is 67.0 Å². The van der Waals surface area contributed by atoms with Gasteiger partial charge in [0.05, 0.1) is 22.1 Å². The number of hydrogen-bond acceptors (Lipinski definition) is 0. The molecule has 0 aliphatic heterocycles. The first-order chi connectivity index (χ1) is 25.2. The van der Waals surface area contributed by atoms with Crippen LogP contribution in [0.1, 0.15) is 0 Å². The fraction of sp³-hybridized carbons (Fsp3) is 0. The Morgan fingerprint density at radius 1 is 0.275 bits per heavy atom. The van der Waals surface area contributed by atoms with Crippen LogP contribution < -0.4 is 0 Å².